The number of aromatic nitrogens is 2. The van der Waals surface area contributed by atoms with E-state index >= 15 is 0 Å². The maximum Gasteiger partial charge on any atom is 0.258 e. The number of carbonyl (C=O) groups is 2. The van der Waals surface area contributed by atoms with Crippen LogP contribution in [0.4, 0.5) is 11.4 Å². The van der Waals surface area contributed by atoms with Crippen LogP contribution < -0.4 is 10.2 Å². The molecule has 1 aliphatic heterocycles. The fourth-order valence-electron chi connectivity index (χ4n) is 4.04. The first-order valence-electron chi connectivity index (χ1n) is 11.2. The van der Waals surface area contributed by atoms with Gasteiger partial charge >= 0.3 is 0 Å². The van der Waals surface area contributed by atoms with Gasteiger partial charge in [0.15, 0.2) is 0 Å². The Morgan fingerprint density at radius 1 is 0.971 bits per heavy atom. The summed E-state index contributed by atoms with van der Waals surface area (Å²) in [6, 6.07) is 22.9. The average Bonchev–Trinajstić information content (AvgIpc) is 3.48. The Bertz CT molecular complexity index is 1340. The van der Waals surface area contributed by atoms with Crippen LogP contribution in [-0.4, -0.2) is 28.5 Å². The van der Waals surface area contributed by atoms with Crippen LogP contribution in [0, 0.1) is 19.8 Å². The van der Waals surface area contributed by atoms with Crippen LogP contribution in [0.1, 0.15) is 17.5 Å². The lowest BCUT2D eigenvalue weighted by molar-refractivity contribution is -0.122. The van der Waals surface area contributed by atoms with Crippen molar-refractivity contribution in [2.75, 3.05) is 16.8 Å². The minimum absolute atomic E-state index is 0.0415. The molecule has 0 unspecified atom stereocenters. The number of nitrogens with zero attached hydrogens (tertiary/aromatic N) is 3. The highest BCUT2D eigenvalue weighted by Gasteiger charge is 2.35. The quantitative estimate of drug-likeness (QED) is 0.460. The smallest absolute Gasteiger partial charge is 0.258 e. The molecule has 0 spiro atoms. The summed E-state index contributed by atoms with van der Waals surface area (Å²) in [6.07, 6.45) is 0.196. The first-order chi connectivity index (χ1) is 16.5. The second-order valence-electron chi connectivity index (χ2n) is 8.60. The van der Waals surface area contributed by atoms with Crippen LogP contribution in [0.5, 0.6) is 0 Å². The van der Waals surface area contributed by atoms with E-state index in [1.54, 1.807) is 17.0 Å². The van der Waals surface area contributed by atoms with Crippen molar-refractivity contribution in [1.29, 1.82) is 0 Å². The Morgan fingerprint density at radius 2 is 1.74 bits per heavy atom. The summed E-state index contributed by atoms with van der Waals surface area (Å²) < 4.78 is 5.43. The summed E-state index contributed by atoms with van der Waals surface area (Å²) >= 11 is 0. The Morgan fingerprint density at radius 3 is 2.47 bits per heavy atom. The van der Waals surface area contributed by atoms with Gasteiger partial charge in [0.2, 0.25) is 17.6 Å². The maximum absolute atomic E-state index is 12.8. The normalized spacial score (nSPS) is 15.5. The molecule has 1 atom stereocenters. The number of benzene rings is 3. The molecule has 0 aliphatic carbocycles. The van der Waals surface area contributed by atoms with Crippen molar-refractivity contribution in [2.24, 2.45) is 5.92 Å². The van der Waals surface area contributed by atoms with Crippen molar-refractivity contribution in [1.82, 2.24) is 10.1 Å². The average molecular weight is 453 g/mol. The SMILES string of the molecule is Cc1ccc(N2C[C@@H](C(=O)Nc3ccc(-c4nc(-c5cccc(C)c5)no4)cc3)CC2=O)cc1. The van der Waals surface area contributed by atoms with Gasteiger partial charge in [0, 0.05) is 35.5 Å². The van der Waals surface area contributed by atoms with E-state index in [1.807, 2.05) is 74.5 Å². The van der Waals surface area contributed by atoms with E-state index in [2.05, 4.69) is 15.5 Å². The van der Waals surface area contributed by atoms with Gasteiger partial charge in [0.1, 0.15) is 0 Å². The predicted molar refractivity (Wildman–Crippen MR) is 130 cm³/mol. The zero-order valence-electron chi connectivity index (χ0n) is 19.0. The highest BCUT2D eigenvalue weighted by atomic mass is 16.5. The molecule has 2 amide bonds. The van der Waals surface area contributed by atoms with E-state index in [0.29, 0.717) is 23.9 Å². The molecule has 1 N–H and O–H groups in total. The zero-order valence-corrected chi connectivity index (χ0v) is 19.0. The lowest BCUT2D eigenvalue weighted by Crippen LogP contribution is -2.28. The largest absolute Gasteiger partial charge is 0.334 e. The lowest BCUT2D eigenvalue weighted by atomic mass is 10.1. The molecule has 34 heavy (non-hydrogen) atoms. The number of hydrogen-bond acceptors (Lipinski definition) is 5. The molecule has 5 rings (SSSR count). The Hall–Kier alpha value is -4.26. The summed E-state index contributed by atoms with van der Waals surface area (Å²) in [5.74, 6) is 0.321. The third-order valence-electron chi connectivity index (χ3n) is 5.94. The van der Waals surface area contributed by atoms with Gasteiger partial charge in [0.05, 0.1) is 5.92 Å². The minimum Gasteiger partial charge on any atom is -0.334 e. The summed E-state index contributed by atoms with van der Waals surface area (Å²) in [5.41, 5.74) is 5.36. The number of aryl methyl sites for hydroxylation is 2. The topological polar surface area (TPSA) is 88.3 Å². The molecule has 170 valence electrons. The van der Waals surface area contributed by atoms with E-state index in [1.165, 1.54) is 0 Å². The van der Waals surface area contributed by atoms with Crippen LogP contribution in [-0.2, 0) is 9.59 Å². The summed E-state index contributed by atoms with van der Waals surface area (Å²) in [5, 5.41) is 7.00. The second kappa shape index (κ2) is 8.94. The van der Waals surface area contributed by atoms with Crippen molar-refractivity contribution >= 4 is 23.2 Å². The molecule has 1 aromatic heterocycles. The fraction of sp³-hybridized carbons (Fsp3) is 0.185. The van der Waals surface area contributed by atoms with Gasteiger partial charge in [-0.2, -0.15) is 4.98 Å². The number of nitrogens with one attached hydrogen (secondary N) is 1. The molecule has 1 saturated heterocycles. The molecule has 0 saturated carbocycles. The van der Waals surface area contributed by atoms with E-state index in [-0.39, 0.29) is 18.2 Å². The fourth-order valence-corrected chi connectivity index (χ4v) is 4.04. The molecule has 1 aliphatic rings. The van der Waals surface area contributed by atoms with E-state index in [9.17, 15) is 9.59 Å². The summed E-state index contributed by atoms with van der Waals surface area (Å²) in [7, 11) is 0. The first kappa shape index (κ1) is 21.6. The van der Waals surface area contributed by atoms with Gasteiger partial charge in [0.25, 0.3) is 5.89 Å². The van der Waals surface area contributed by atoms with Crippen LogP contribution in [0.2, 0.25) is 0 Å². The van der Waals surface area contributed by atoms with Gasteiger partial charge in [-0.05, 0) is 56.3 Å². The molecule has 7 nitrogen and oxygen atoms in total. The Balaban J connectivity index is 1.24. The molecule has 1 fully saturated rings. The minimum atomic E-state index is -0.402. The molecular formula is C27H24N4O3. The predicted octanol–water partition coefficient (Wildman–Crippen LogP) is 5.01. The van der Waals surface area contributed by atoms with E-state index in [4.69, 9.17) is 4.52 Å². The van der Waals surface area contributed by atoms with Crippen LogP contribution >= 0.6 is 0 Å². The number of rotatable bonds is 5. The van der Waals surface area contributed by atoms with Gasteiger partial charge in [-0.3, -0.25) is 9.59 Å². The highest BCUT2D eigenvalue weighted by Crippen LogP contribution is 2.27. The number of carbonyl (C=O) groups excluding carboxylic acids is 2. The van der Waals surface area contributed by atoms with Crippen LogP contribution in [0.25, 0.3) is 22.8 Å². The number of anilines is 2. The van der Waals surface area contributed by atoms with Gasteiger partial charge < -0.3 is 14.7 Å². The molecule has 2 heterocycles. The first-order valence-corrected chi connectivity index (χ1v) is 11.2. The third-order valence-corrected chi connectivity index (χ3v) is 5.94. The molecule has 0 radical (unpaired) electrons. The van der Waals surface area contributed by atoms with Crippen molar-refractivity contribution < 1.29 is 14.1 Å². The van der Waals surface area contributed by atoms with Gasteiger partial charge in [-0.1, -0.05) is 46.6 Å². The van der Waals surface area contributed by atoms with Crippen molar-refractivity contribution in [3.8, 4) is 22.8 Å². The molecule has 7 heteroatoms. The Kier molecular flexibility index (Phi) is 5.67. The molecular weight excluding hydrogens is 428 g/mol. The molecule has 4 aromatic rings. The number of hydrogen-bond donors (Lipinski definition) is 1. The lowest BCUT2D eigenvalue weighted by Gasteiger charge is -2.17. The van der Waals surface area contributed by atoms with Crippen molar-refractivity contribution in [3.05, 3.63) is 83.9 Å². The zero-order chi connectivity index (χ0) is 23.7. The number of amides is 2. The molecule has 0 bridgehead atoms. The highest BCUT2D eigenvalue weighted by molar-refractivity contribution is 6.03. The standard InChI is InChI=1S/C27H24N4O3/c1-17-6-12-23(13-7-17)31-16-21(15-24(31)32)26(33)28-22-10-8-19(9-11-22)27-29-25(30-34-27)20-5-3-4-18(2)14-20/h3-14,21H,15-16H2,1-2H3,(H,28,33)/t21-/m0/s1. The van der Waals surface area contributed by atoms with Crippen molar-refractivity contribution in [2.45, 2.75) is 20.3 Å². The van der Waals surface area contributed by atoms with Crippen molar-refractivity contribution in [3.63, 3.8) is 0 Å². The second-order valence-corrected chi connectivity index (χ2v) is 8.60. The Labute approximate surface area is 197 Å². The molecule has 3 aromatic carbocycles. The van der Waals surface area contributed by atoms with Crippen LogP contribution in [0.15, 0.2) is 77.3 Å². The van der Waals surface area contributed by atoms with Gasteiger partial charge in [-0.15, -0.1) is 0 Å². The monoisotopic (exact) mass is 452 g/mol. The summed E-state index contributed by atoms with van der Waals surface area (Å²) in [4.78, 5) is 31.4. The maximum atomic E-state index is 12.8. The summed E-state index contributed by atoms with van der Waals surface area (Å²) in [6.45, 7) is 4.38. The van der Waals surface area contributed by atoms with Crippen LogP contribution in [0.3, 0.4) is 0 Å². The third kappa shape index (κ3) is 4.45. The van der Waals surface area contributed by atoms with E-state index in [0.717, 1.165) is 27.9 Å². The van der Waals surface area contributed by atoms with E-state index < -0.39 is 5.92 Å². The van der Waals surface area contributed by atoms with Gasteiger partial charge in [-0.25, -0.2) is 0 Å².